The standard InChI is InChI=1S/C11H12BrClN2OS/c1-6(2)15-10(8(12)4-14-15)11(16)9-3-7(13)5-17-9/h3-6,11,16H,1-2H3. The lowest BCUT2D eigenvalue weighted by Gasteiger charge is -2.15. The zero-order valence-electron chi connectivity index (χ0n) is 9.39. The fourth-order valence-corrected chi connectivity index (χ4v) is 3.18. The summed E-state index contributed by atoms with van der Waals surface area (Å²) in [6, 6.07) is 1.97. The summed E-state index contributed by atoms with van der Waals surface area (Å²) in [5.41, 5.74) is 0.763. The van der Waals surface area contributed by atoms with Crippen molar-refractivity contribution < 1.29 is 5.11 Å². The first-order valence-electron chi connectivity index (χ1n) is 5.15. The van der Waals surface area contributed by atoms with Crippen LogP contribution in [-0.4, -0.2) is 14.9 Å². The Morgan fingerprint density at radius 1 is 1.53 bits per heavy atom. The van der Waals surface area contributed by atoms with E-state index in [9.17, 15) is 5.11 Å². The van der Waals surface area contributed by atoms with E-state index in [0.29, 0.717) is 5.02 Å². The predicted octanol–water partition coefficient (Wildman–Crippen LogP) is 4.02. The summed E-state index contributed by atoms with van der Waals surface area (Å²) in [5, 5.41) is 17.1. The highest BCUT2D eigenvalue weighted by Gasteiger charge is 2.22. The van der Waals surface area contributed by atoms with Crippen LogP contribution in [-0.2, 0) is 0 Å². The molecule has 1 atom stereocenters. The van der Waals surface area contributed by atoms with Crippen molar-refractivity contribution in [1.82, 2.24) is 9.78 Å². The number of aromatic nitrogens is 2. The molecule has 0 aliphatic heterocycles. The van der Waals surface area contributed by atoms with Gasteiger partial charge in [0, 0.05) is 16.3 Å². The Balaban J connectivity index is 2.43. The van der Waals surface area contributed by atoms with Crippen LogP contribution in [0.2, 0.25) is 5.02 Å². The van der Waals surface area contributed by atoms with Crippen molar-refractivity contribution in [2.45, 2.75) is 26.0 Å². The molecule has 0 bridgehead atoms. The van der Waals surface area contributed by atoms with Gasteiger partial charge in [0.1, 0.15) is 6.10 Å². The first-order valence-corrected chi connectivity index (χ1v) is 7.20. The quantitative estimate of drug-likeness (QED) is 0.920. The number of aliphatic hydroxyl groups excluding tert-OH is 1. The second-order valence-corrected chi connectivity index (χ2v) is 6.22. The van der Waals surface area contributed by atoms with E-state index in [1.807, 2.05) is 23.9 Å². The number of nitrogens with zero attached hydrogens (tertiary/aromatic N) is 2. The Morgan fingerprint density at radius 2 is 2.24 bits per heavy atom. The average Bonchev–Trinajstić information content (AvgIpc) is 2.83. The van der Waals surface area contributed by atoms with Crippen molar-refractivity contribution >= 4 is 38.9 Å². The molecule has 1 unspecified atom stereocenters. The molecule has 0 aliphatic carbocycles. The number of rotatable bonds is 3. The third kappa shape index (κ3) is 2.57. The van der Waals surface area contributed by atoms with Crippen LogP contribution in [0.25, 0.3) is 0 Å². The Labute approximate surface area is 117 Å². The Morgan fingerprint density at radius 3 is 2.76 bits per heavy atom. The van der Waals surface area contributed by atoms with Gasteiger partial charge in [0.15, 0.2) is 0 Å². The lowest BCUT2D eigenvalue weighted by molar-refractivity contribution is 0.208. The molecule has 2 aromatic rings. The predicted molar refractivity (Wildman–Crippen MR) is 73.7 cm³/mol. The summed E-state index contributed by atoms with van der Waals surface area (Å²) in [6.07, 6.45) is 1.00. The van der Waals surface area contributed by atoms with Crippen LogP contribution in [0.15, 0.2) is 22.1 Å². The maximum absolute atomic E-state index is 10.4. The van der Waals surface area contributed by atoms with Crippen molar-refractivity contribution in [3.8, 4) is 0 Å². The van der Waals surface area contributed by atoms with Gasteiger partial charge >= 0.3 is 0 Å². The van der Waals surface area contributed by atoms with Gasteiger partial charge in [-0.1, -0.05) is 11.6 Å². The normalized spacial score (nSPS) is 13.3. The van der Waals surface area contributed by atoms with Gasteiger partial charge < -0.3 is 5.11 Å². The monoisotopic (exact) mass is 334 g/mol. The van der Waals surface area contributed by atoms with E-state index in [2.05, 4.69) is 21.0 Å². The van der Waals surface area contributed by atoms with Crippen molar-refractivity contribution in [2.24, 2.45) is 0 Å². The third-order valence-corrected chi connectivity index (χ3v) is 4.34. The number of hydrogen-bond donors (Lipinski definition) is 1. The Kier molecular flexibility index (Phi) is 3.92. The number of halogens is 2. The molecule has 0 amide bonds. The first-order chi connectivity index (χ1) is 8.00. The molecule has 2 aromatic heterocycles. The van der Waals surface area contributed by atoms with E-state index in [1.165, 1.54) is 11.3 Å². The van der Waals surface area contributed by atoms with E-state index in [0.717, 1.165) is 15.0 Å². The zero-order chi connectivity index (χ0) is 12.6. The summed E-state index contributed by atoms with van der Waals surface area (Å²) in [6.45, 7) is 4.05. The van der Waals surface area contributed by atoms with Gasteiger partial charge in [-0.3, -0.25) is 4.68 Å². The molecule has 6 heteroatoms. The lowest BCUT2D eigenvalue weighted by Crippen LogP contribution is -2.11. The highest BCUT2D eigenvalue weighted by molar-refractivity contribution is 9.10. The molecule has 0 radical (unpaired) electrons. The van der Waals surface area contributed by atoms with Crippen molar-refractivity contribution in [1.29, 1.82) is 0 Å². The second kappa shape index (κ2) is 5.10. The first kappa shape index (κ1) is 13.1. The number of thiophene rings is 1. The summed E-state index contributed by atoms with van der Waals surface area (Å²) < 4.78 is 2.62. The number of aliphatic hydroxyl groups is 1. The lowest BCUT2D eigenvalue weighted by atomic mass is 10.2. The van der Waals surface area contributed by atoms with Crippen LogP contribution in [0.3, 0.4) is 0 Å². The highest BCUT2D eigenvalue weighted by atomic mass is 79.9. The van der Waals surface area contributed by atoms with Crippen LogP contribution < -0.4 is 0 Å². The van der Waals surface area contributed by atoms with Gasteiger partial charge in [0.2, 0.25) is 0 Å². The molecule has 0 aliphatic rings. The van der Waals surface area contributed by atoms with Gasteiger partial charge in [0.05, 0.1) is 21.4 Å². The summed E-state index contributed by atoms with van der Waals surface area (Å²) in [5.74, 6) is 0. The van der Waals surface area contributed by atoms with Crippen LogP contribution in [0.5, 0.6) is 0 Å². The Hall–Kier alpha value is -0.360. The maximum atomic E-state index is 10.4. The van der Waals surface area contributed by atoms with E-state index in [-0.39, 0.29) is 6.04 Å². The zero-order valence-corrected chi connectivity index (χ0v) is 12.6. The minimum atomic E-state index is -0.702. The largest absolute Gasteiger partial charge is 0.381 e. The van der Waals surface area contributed by atoms with E-state index in [4.69, 9.17) is 11.6 Å². The van der Waals surface area contributed by atoms with Crippen LogP contribution in [0.4, 0.5) is 0 Å². The minimum absolute atomic E-state index is 0.196. The summed E-state index contributed by atoms with van der Waals surface area (Å²) in [4.78, 5) is 0.818. The molecule has 0 saturated carbocycles. The van der Waals surface area contributed by atoms with Gasteiger partial charge in [0.25, 0.3) is 0 Å². The smallest absolute Gasteiger partial charge is 0.131 e. The van der Waals surface area contributed by atoms with Crippen LogP contribution in [0.1, 0.15) is 36.6 Å². The SMILES string of the molecule is CC(C)n1ncc(Br)c1C(O)c1cc(Cl)cs1. The molecule has 2 heterocycles. The topological polar surface area (TPSA) is 38.0 Å². The average molecular weight is 336 g/mol. The number of hydrogen-bond acceptors (Lipinski definition) is 3. The molecule has 0 spiro atoms. The van der Waals surface area contributed by atoms with E-state index in [1.54, 1.807) is 12.3 Å². The Bertz CT molecular complexity index is 523. The molecular weight excluding hydrogens is 324 g/mol. The molecule has 92 valence electrons. The molecule has 17 heavy (non-hydrogen) atoms. The van der Waals surface area contributed by atoms with Crippen LogP contribution in [0, 0.1) is 0 Å². The molecular formula is C11H12BrClN2OS. The highest BCUT2D eigenvalue weighted by Crippen LogP contribution is 2.34. The fraction of sp³-hybridized carbons (Fsp3) is 0.364. The van der Waals surface area contributed by atoms with E-state index < -0.39 is 6.10 Å². The third-order valence-electron chi connectivity index (χ3n) is 2.39. The fourth-order valence-electron chi connectivity index (χ4n) is 1.62. The van der Waals surface area contributed by atoms with Gasteiger partial charge in [-0.25, -0.2) is 0 Å². The van der Waals surface area contributed by atoms with Gasteiger partial charge in [-0.05, 0) is 35.8 Å². The van der Waals surface area contributed by atoms with Crippen molar-refractivity contribution in [2.75, 3.05) is 0 Å². The molecule has 2 rings (SSSR count). The van der Waals surface area contributed by atoms with Crippen LogP contribution >= 0.6 is 38.9 Å². The molecule has 3 nitrogen and oxygen atoms in total. The second-order valence-electron chi connectivity index (χ2n) is 3.99. The minimum Gasteiger partial charge on any atom is -0.381 e. The molecule has 0 aromatic carbocycles. The molecule has 1 N–H and O–H groups in total. The van der Waals surface area contributed by atoms with Crippen molar-refractivity contribution in [3.05, 3.63) is 37.7 Å². The van der Waals surface area contributed by atoms with Gasteiger partial charge in [-0.2, -0.15) is 5.10 Å². The summed E-state index contributed by atoms with van der Waals surface area (Å²) >= 11 is 10.7. The summed E-state index contributed by atoms with van der Waals surface area (Å²) in [7, 11) is 0. The maximum Gasteiger partial charge on any atom is 0.131 e. The van der Waals surface area contributed by atoms with Crippen molar-refractivity contribution in [3.63, 3.8) is 0 Å². The molecule has 0 saturated heterocycles. The molecule has 0 fully saturated rings. The van der Waals surface area contributed by atoms with E-state index >= 15 is 0 Å². The van der Waals surface area contributed by atoms with Gasteiger partial charge in [-0.15, -0.1) is 11.3 Å².